The van der Waals surface area contributed by atoms with Gasteiger partial charge in [0.25, 0.3) is 17.7 Å². The van der Waals surface area contributed by atoms with Crippen molar-refractivity contribution in [3.05, 3.63) is 71.3 Å². The van der Waals surface area contributed by atoms with E-state index in [2.05, 4.69) is 26.3 Å². The molecule has 0 aliphatic carbocycles. The lowest BCUT2D eigenvalue weighted by Crippen LogP contribution is -2.54. The molecule has 0 bridgehead atoms. The van der Waals surface area contributed by atoms with Gasteiger partial charge >= 0.3 is 0 Å². The summed E-state index contributed by atoms with van der Waals surface area (Å²) in [6, 6.07) is 8.99. The van der Waals surface area contributed by atoms with E-state index < -0.39 is 81.8 Å². The van der Waals surface area contributed by atoms with Crippen LogP contribution in [0, 0.1) is 5.82 Å². The van der Waals surface area contributed by atoms with Crippen LogP contribution >= 0.6 is 11.0 Å². The van der Waals surface area contributed by atoms with Crippen molar-refractivity contribution in [2.24, 2.45) is 0 Å². The molecule has 0 saturated carbocycles. The molecule has 53 heavy (non-hydrogen) atoms. The summed E-state index contributed by atoms with van der Waals surface area (Å²) < 4.78 is 39.8. The summed E-state index contributed by atoms with van der Waals surface area (Å²) in [6.45, 7) is 3.11. The van der Waals surface area contributed by atoms with Crippen LogP contribution in [0.3, 0.4) is 0 Å². The minimum atomic E-state index is -3.87. The first kappa shape index (κ1) is 35.3. The van der Waals surface area contributed by atoms with E-state index in [-0.39, 0.29) is 47.7 Å². The number of halogens is 1. The number of imide groups is 2. The number of nitrogens with zero attached hydrogens (tertiary/aromatic N) is 5. The fraction of sp³-hybridized carbons (Fsp3) is 0.273. The standard InChI is InChI=1S/C33H32FN9O9S/c1-33(2,37-20-5-3-4-19-27(20)32(50)43(31(19)49)21-8-9-24(45)36-30(21)48)23-14-41(40-38-23)11-10-25(46)35-17-6-7-18-16(12-17)13-22(44)29(28(18)34)42-15-26(47)39-53(42,51)52/h3-7,12-14,21,37,44,51-52H,8-11,15H2,1-2H3,(H,35,46)(H,39,47)(H,36,45,48). The Balaban J connectivity index is 1.00. The number of anilines is 3. The van der Waals surface area contributed by atoms with Crippen molar-refractivity contribution in [2.75, 3.05) is 21.5 Å². The molecule has 1 unspecified atom stereocenters. The van der Waals surface area contributed by atoms with E-state index in [0.717, 1.165) is 4.90 Å². The van der Waals surface area contributed by atoms with Gasteiger partial charge in [0.05, 0.1) is 29.4 Å². The minimum Gasteiger partial charge on any atom is -0.506 e. The number of phenolic OH excluding ortho intramolecular Hbond substituents is 1. The molecule has 0 spiro atoms. The first-order valence-corrected chi connectivity index (χ1v) is 17.7. The average Bonchev–Trinajstić information content (AvgIpc) is 3.74. The van der Waals surface area contributed by atoms with Crippen LogP contribution in [0.1, 0.15) is 59.5 Å². The van der Waals surface area contributed by atoms with E-state index >= 15 is 4.39 Å². The Morgan fingerprint density at radius 1 is 1.08 bits per heavy atom. The van der Waals surface area contributed by atoms with Gasteiger partial charge in [-0.1, -0.05) is 11.3 Å². The molecule has 2 saturated heterocycles. The Morgan fingerprint density at radius 3 is 2.57 bits per heavy atom. The number of piperidine rings is 1. The quantitative estimate of drug-likeness (QED) is 0.122. The van der Waals surface area contributed by atoms with Crippen LogP contribution in [0.15, 0.2) is 48.7 Å². The zero-order chi connectivity index (χ0) is 38.0. The van der Waals surface area contributed by atoms with Gasteiger partial charge in [0, 0.05) is 29.6 Å². The molecule has 18 nitrogen and oxygen atoms in total. The third kappa shape index (κ3) is 6.36. The summed E-state index contributed by atoms with van der Waals surface area (Å²) in [6.07, 6.45) is 1.60. The number of aromatic nitrogens is 3. The Labute approximate surface area is 300 Å². The van der Waals surface area contributed by atoms with E-state index in [1.807, 2.05) is 4.72 Å². The molecule has 0 radical (unpaired) electrons. The van der Waals surface area contributed by atoms with Gasteiger partial charge < -0.3 is 15.7 Å². The number of aromatic hydroxyl groups is 1. The van der Waals surface area contributed by atoms with E-state index in [1.54, 1.807) is 32.2 Å². The summed E-state index contributed by atoms with van der Waals surface area (Å²) in [4.78, 5) is 76.3. The normalized spacial score (nSPS) is 19.0. The van der Waals surface area contributed by atoms with E-state index in [4.69, 9.17) is 0 Å². The number of benzene rings is 3. The second kappa shape index (κ2) is 12.8. The third-order valence-electron chi connectivity index (χ3n) is 9.07. The molecule has 2 fully saturated rings. The van der Waals surface area contributed by atoms with Crippen molar-refractivity contribution in [3.8, 4) is 5.75 Å². The molecule has 3 aromatic carbocycles. The van der Waals surface area contributed by atoms with Crippen LogP contribution in [0.25, 0.3) is 10.8 Å². The average molecular weight is 750 g/mol. The van der Waals surface area contributed by atoms with Crippen molar-refractivity contribution < 1.29 is 47.4 Å². The number of phenols is 1. The number of hydrogen-bond acceptors (Lipinski definition) is 13. The number of aryl methyl sites for hydroxylation is 1. The Morgan fingerprint density at radius 2 is 1.85 bits per heavy atom. The van der Waals surface area contributed by atoms with Crippen LogP contribution in [-0.2, 0) is 31.3 Å². The van der Waals surface area contributed by atoms with Gasteiger partial charge in [0.2, 0.25) is 17.7 Å². The van der Waals surface area contributed by atoms with Crippen molar-refractivity contribution >= 4 is 74.2 Å². The summed E-state index contributed by atoms with van der Waals surface area (Å²) in [5.74, 6) is -5.27. The Hall–Kier alpha value is -6.12. The Bertz CT molecular complexity index is 2280. The fourth-order valence-corrected chi connectivity index (χ4v) is 7.68. The molecule has 7 N–H and O–H groups in total. The second-order valence-electron chi connectivity index (χ2n) is 13.2. The van der Waals surface area contributed by atoms with Gasteiger partial charge in [-0.2, -0.15) is 0 Å². The van der Waals surface area contributed by atoms with Crippen LogP contribution in [0.5, 0.6) is 5.75 Å². The predicted octanol–water partition coefficient (Wildman–Crippen LogP) is 2.57. The Kier molecular flexibility index (Phi) is 8.54. The third-order valence-corrected chi connectivity index (χ3v) is 10.5. The number of fused-ring (bicyclic) bond motifs is 2. The van der Waals surface area contributed by atoms with Crippen LogP contribution in [-0.4, -0.2) is 82.1 Å². The lowest BCUT2D eigenvalue weighted by Gasteiger charge is -2.36. The van der Waals surface area contributed by atoms with Gasteiger partial charge in [-0.05, 0) is 73.0 Å². The number of hydrogen-bond donors (Lipinski definition) is 7. The number of nitrogens with one attached hydrogen (secondary N) is 4. The zero-order valence-electron chi connectivity index (χ0n) is 28.0. The summed E-state index contributed by atoms with van der Waals surface area (Å²) in [7, 11) is -3.87. The highest BCUT2D eigenvalue weighted by Gasteiger charge is 2.46. The topological polar surface area (TPSA) is 248 Å². The van der Waals surface area contributed by atoms with Crippen molar-refractivity contribution in [2.45, 2.75) is 51.2 Å². The van der Waals surface area contributed by atoms with Gasteiger partial charge in [0.1, 0.15) is 29.7 Å². The molecule has 3 aliphatic rings. The highest BCUT2D eigenvalue weighted by Crippen LogP contribution is 2.51. The molecular weight excluding hydrogens is 717 g/mol. The van der Waals surface area contributed by atoms with Crippen LogP contribution in [0.2, 0.25) is 0 Å². The summed E-state index contributed by atoms with van der Waals surface area (Å²) >= 11 is 0. The number of carbonyl (C=O) groups excluding carboxylic acids is 6. The van der Waals surface area contributed by atoms with Crippen LogP contribution in [0.4, 0.5) is 21.5 Å². The first-order chi connectivity index (χ1) is 25.0. The van der Waals surface area contributed by atoms with Gasteiger partial charge in [-0.15, -0.1) is 5.10 Å². The van der Waals surface area contributed by atoms with E-state index in [0.29, 0.717) is 21.4 Å². The fourth-order valence-electron chi connectivity index (χ4n) is 6.47. The highest BCUT2D eigenvalue weighted by molar-refractivity contribution is 8.24. The maximum Gasteiger partial charge on any atom is 0.264 e. The molecule has 4 heterocycles. The molecule has 7 rings (SSSR count). The SMILES string of the molecule is CC(C)(Nc1cccc2c1C(=O)N(C1CCC(=O)NC1=O)C2=O)c1cn(CCC(=O)Nc2ccc3c(F)c(N4CC(=O)NS4(O)O)c(O)cc3c2)nn1. The monoisotopic (exact) mass is 749 g/mol. The second-order valence-corrected chi connectivity index (χ2v) is 14.8. The van der Waals surface area contributed by atoms with Crippen molar-refractivity contribution in [1.82, 2.24) is 29.9 Å². The minimum absolute atomic E-state index is 0.000203. The number of rotatable bonds is 9. The largest absolute Gasteiger partial charge is 0.506 e. The molecule has 1 aromatic heterocycles. The maximum absolute atomic E-state index is 15.5. The predicted molar refractivity (Wildman–Crippen MR) is 187 cm³/mol. The molecule has 1 atom stereocenters. The molecule has 276 valence electrons. The molecular formula is C33H32FN9O9S. The van der Waals surface area contributed by atoms with E-state index in [9.17, 15) is 43.0 Å². The molecule has 3 aliphatic heterocycles. The number of amides is 6. The maximum atomic E-state index is 15.5. The smallest absolute Gasteiger partial charge is 0.264 e. The van der Waals surface area contributed by atoms with Gasteiger partial charge in [0.15, 0.2) is 5.82 Å². The first-order valence-electron chi connectivity index (χ1n) is 16.2. The van der Waals surface area contributed by atoms with E-state index in [1.165, 1.54) is 35.0 Å². The molecule has 20 heteroatoms. The van der Waals surface area contributed by atoms with Crippen molar-refractivity contribution in [3.63, 3.8) is 0 Å². The lowest BCUT2D eigenvalue weighted by atomic mass is 9.99. The molecule has 6 amide bonds. The number of carbonyl (C=O) groups is 6. The van der Waals surface area contributed by atoms with Gasteiger partial charge in [-0.3, -0.25) is 52.8 Å². The van der Waals surface area contributed by atoms with Gasteiger partial charge in [-0.25, -0.2) is 13.4 Å². The summed E-state index contributed by atoms with van der Waals surface area (Å²) in [5.41, 5.74) is -0.221. The summed E-state index contributed by atoms with van der Waals surface area (Å²) in [5, 5.41) is 27.2. The zero-order valence-corrected chi connectivity index (χ0v) is 28.9. The molecule has 4 aromatic rings. The van der Waals surface area contributed by atoms with Crippen LogP contribution < -0.4 is 25.0 Å². The van der Waals surface area contributed by atoms with Crippen molar-refractivity contribution in [1.29, 1.82) is 0 Å². The highest BCUT2D eigenvalue weighted by atomic mass is 32.3. The lowest BCUT2D eigenvalue weighted by molar-refractivity contribution is -0.136.